The zero-order chi connectivity index (χ0) is 11.4. The molecular weight excluding hydrogens is 225 g/mol. The molecular formula is C10H16N3O2P. The zero-order valence-electron chi connectivity index (χ0n) is 9.09. The normalized spacial score (nSPS) is 21.6. The summed E-state index contributed by atoms with van der Waals surface area (Å²) >= 11 is 0. The Bertz CT molecular complexity index is 330. The van der Waals surface area contributed by atoms with E-state index in [9.17, 15) is 4.79 Å². The van der Waals surface area contributed by atoms with E-state index in [1.54, 1.807) is 0 Å². The lowest BCUT2D eigenvalue weighted by molar-refractivity contribution is -0.136. The Morgan fingerprint density at radius 2 is 2.19 bits per heavy atom. The second-order valence-electron chi connectivity index (χ2n) is 3.83. The van der Waals surface area contributed by atoms with Gasteiger partial charge < -0.3 is 5.11 Å². The van der Waals surface area contributed by atoms with E-state index in [-0.39, 0.29) is 6.42 Å². The summed E-state index contributed by atoms with van der Waals surface area (Å²) in [4.78, 5) is 14.8. The maximum Gasteiger partial charge on any atom is 0.303 e. The predicted octanol–water partition coefficient (Wildman–Crippen LogP) is 0.946. The number of carboxylic acids is 1. The van der Waals surface area contributed by atoms with Crippen LogP contribution in [0.2, 0.25) is 0 Å². The van der Waals surface area contributed by atoms with Crippen molar-refractivity contribution in [3.8, 4) is 0 Å². The van der Waals surface area contributed by atoms with Gasteiger partial charge in [-0.3, -0.25) is 14.8 Å². The number of allylic oxidation sites excluding steroid dienone is 1. The minimum atomic E-state index is -0.768. The van der Waals surface area contributed by atoms with E-state index in [0.29, 0.717) is 6.42 Å². The molecule has 0 amide bonds. The number of fused-ring (bicyclic) bond motifs is 1. The number of hydrazine groups is 1. The van der Waals surface area contributed by atoms with Gasteiger partial charge in [-0.15, -0.1) is 8.58 Å². The molecule has 2 aliphatic rings. The quantitative estimate of drug-likeness (QED) is 0.747. The molecule has 2 aliphatic heterocycles. The van der Waals surface area contributed by atoms with Gasteiger partial charge in [0.25, 0.3) is 0 Å². The fourth-order valence-corrected chi connectivity index (χ4v) is 2.77. The summed E-state index contributed by atoms with van der Waals surface area (Å²) in [5.74, 6) is -0.768. The van der Waals surface area contributed by atoms with E-state index in [1.807, 2.05) is 12.5 Å². The molecule has 1 saturated heterocycles. The lowest BCUT2D eigenvalue weighted by atomic mass is 10.2. The van der Waals surface area contributed by atoms with E-state index in [1.165, 1.54) is 12.3 Å². The summed E-state index contributed by atoms with van der Waals surface area (Å²) in [6, 6.07) is 0. The fraction of sp³-hybridized carbons (Fsp3) is 0.600. The van der Waals surface area contributed by atoms with Crippen LogP contribution in [-0.4, -0.2) is 52.8 Å². The van der Waals surface area contributed by atoms with Crippen LogP contribution in [-0.2, 0) is 4.79 Å². The van der Waals surface area contributed by atoms with E-state index in [0.717, 1.165) is 27.4 Å². The molecule has 6 heteroatoms. The Labute approximate surface area is 96.6 Å². The van der Waals surface area contributed by atoms with E-state index >= 15 is 0 Å². The molecule has 2 heterocycles. The Balaban J connectivity index is 1.96. The van der Waals surface area contributed by atoms with Gasteiger partial charge in [0.1, 0.15) is 6.34 Å². The highest BCUT2D eigenvalue weighted by Gasteiger charge is 2.17. The Hall–Kier alpha value is -1.09. The van der Waals surface area contributed by atoms with E-state index < -0.39 is 5.97 Å². The highest BCUT2D eigenvalue weighted by atomic mass is 31.1. The minimum Gasteiger partial charge on any atom is -0.481 e. The fourth-order valence-electron chi connectivity index (χ4n) is 1.74. The second kappa shape index (κ2) is 5.30. The molecule has 0 aromatic carbocycles. The average Bonchev–Trinajstić information content (AvgIpc) is 2.50. The SMILES string of the molecule is O=C(O)CCC1=CN2CCPCCN2C=N1. The van der Waals surface area contributed by atoms with Crippen LogP contribution in [0.15, 0.2) is 16.9 Å². The number of carbonyl (C=O) groups is 1. The summed E-state index contributed by atoms with van der Waals surface area (Å²) in [5.41, 5.74) is 0.865. The highest BCUT2D eigenvalue weighted by molar-refractivity contribution is 7.38. The lowest BCUT2D eigenvalue weighted by Crippen LogP contribution is -2.40. The molecule has 0 aromatic rings. The lowest BCUT2D eigenvalue weighted by Gasteiger charge is -2.33. The third-order valence-corrected chi connectivity index (χ3v) is 3.77. The molecule has 0 bridgehead atoms. The van der Waals surface area contributed by atoms with Crippen LogP contribution in [0.1, 0.15) is 12.8 Å². The monoisotopic (exact) mass is 241 g/mol. The average molecular weight is 241 g/mol. The van der Waals surface area contributed by atoms with Crippen molar-refractivity contribution in [3.63, 3.8) is 0 Å². The standard InChI is InChI=1S/C10H16N3O2P/c14-10(15)2-1-9-7-12-3-5-16-6-4-13(12)8-11-9/h7-8,16H,1-6H2,(H,14,15). The van der Waals surface area contributed by atoms with Gasteiger partial charge in [-0.1, -0.05) is 0 Å². The van der Waals surface area contributed by atoms with Crippen LogP contribution < -0.4 is 0 Å². The van der Waals surface area contributed by atoms with Crippen molar-refractivity contribution in [3.05, 3.63) is 11.9 Å². The van der Waals surface area contributed by atoms with E-state index in [4.69, 9.17) is 5.11 Å². The van der Waals surface area contributed by atoms with Crippen LogP contribution >= 0.6 is 8.58 Å². The molecule has 1 unspecified atom stereocenters. The topological polar surface area (TPSA) is 56.1 Å². The molecule has 1 fully saturated rings. The van der Waals surface area contributed by atoms with Crippen molar-refractivity contribution in [1.82, 2.24) is 10.0 Å². The Morgan fingerprint density at radius 3 is 2.94 bits per heavy atom. The van der Waals surface area contributed by atoms with Crippen molar-refractivity contribution in [2.45, 2.75) is 12.8 Å². The molecule has 0 radical (unpaired) electrons. The highest BCUT2D eigenvalue weighted by Crippen LogP contribution is 2.20. The summed E-state index contributed by atoms with van der Waals surface area (Å²) < 4.78 is 0. The third-order valence-electron chi connectivity index (χ3n) is 2.62. The van der Waals surface area contributed by atoms with Crippen LogP contribution in [0.25, 0.3) is 0 Å². The molecule has 0 aromatic heterocycles. The maximum atomic E-state index is 10.5. The predicted molar refractivity (Wildman–Crippen MR) is 64.9 cm³/mol. The summed E-state index contributed by atoms with van der Waals surface area (Å²) in [7, 11) is 1.02. The van der Waals surface area contributed by atoms with Gasteiger partial charge in [0.05, 0.1) is 12.1 Å². The van der Waals surface area contributed by atoms with Gasteiger partial charge >= 0.3 is 5.97 Å². The van der Waals surface area contributed by atoms with Crippen molar-refractivity contribution >= 4 is 20.9 Å². The first kappa shape index (κ1) is 11.4. The number of carboxylic acid groups (broad SMARTS) is 1. The largest absolute Gasteiger partial charge is 0.481 e. The smallest absolute Gasteiger partial charge is 0.303 e. The van der Waals surface area contributed by atoms with Gasteiger partial charge in [0.15, 0.2) is 0 Å². The number of hydrogen-bond donors (Lipinski definition) is 1. The van der Waals surface area contributed by atoms with E-state index in [2.05, 4.69) is 15.0 Å². The molecule has 2 rings (SSSR count). The van der Waals surface area contributed by atoms with Crippen LogP contribution in [0, 0.1) is 0 Å². The minimum absolute atomic E-state index is 0.152. The van der Waals surface area contributed by atoms with Gasteiger partial charge in [0, 0.05) is 25.7 Å². The number of aliphatic imine (C=N–C) groups is 1. The van der Waals surface area contributed by atoms with Gasteiger partial charge in [-0.2, -0.15) is 0 Å². The number of rotatable bonds is 3. The molecule has 16 heavy (non-hydrogen) atoms. The number of nitrogens with zero attached hydrogens (tertiary/aromatic N) is 3. The number of hydrogen-bond acceptors (Lipinski definition) is 4. The first-order valence-electron chi connectivity index (χ1n) is 5.46. The number of aliphatic carboxylic acids is 1. The molecule has 5 nitrogen and oxygen atoms in total. The molecule has 0 saturated carbocycles. The van der Waals surface area contributed by atoms with Crippen LogP contribution in [0.3, 0.4) is 0 Å². The first-order valence-corrected chi connectivity index (χ1v) is 6.88. The molecule has 1 N–H and O–H groups in total. The van der Waals surface area contributed by atoms with Crippen molar-refractivity contribution in [2.75, 3.05) is 25.4 Å². The summed E-state index contributed by atoms with van der Waals surface area (Å²) in [6.07, 6.45) is 6.91. The van der Waals surface area contributed by atoms with Crippen molar-refractivity contribution in [1.29, 1.82) is 0 Å². The van der Waals surface area contributed by atoms with Crippen LogP contribution in [0.4, 0.5) is 0 Å². The van der Waals surface area contributed by atoms with Crippen molar-refractivity contribution in [2.24, 2.45) is 4.99 Å². The summed E-state index contributed by atoms with van der Waals surface area (Å²) in [5, 5.41) is 12.9. The second-order valence-corrected chi connectivity index (χ2v) is 5.33. The molecule has 88 valence electrons. The maximum absolute atomic E-state index is 10.5. The first-order chi connectivity index (χ1) is 7.75. The van der Waals surface area contributed by atoms with Crippen LogP contribution in [0.5, 0.6) is 0 Å². The Morgan fingerprint density at radius 1 is 1.44 bits per heavy atom. The zero-order valence-corrected chi connectivity index (χ0v) is 10.1. The molecule has 0 aliphatic carbocycles. The van der Waals surface area contributed by atoms with Gasteiger partial charge in [-0.05, 0) is 12.3 Å². The summed E-state index contributed by atoms with van der Waals surface area (Å²) in [6.45, 7) is 2.03. The molecule has 0 spiro atoms. The Kier molecular flexibility index (Phi) is 3.78. The third kappa shape index (κ3) is 2.95. The van der Waals surface area contributed by atoms with Gasteiger partial charge in [-0.25, -0.2) is 4.99 Å². The van der Waals surface area contributed by atoms with Gasteiger partial charge in [0.2, 0.25) is 0 Å². The molecule has 1 atom stereocenters. The van der Waals surface area contributed by atoms with Crippen molar-refractivity contribution < 1.29 is 9.90 Å².